The molecular weight excluding hydrogens is 160 g/mol. The van der Waals surface area contributed by atoms with Gasteiger partial charge in [-0.15, -0.1) is 0 Å². The number of esters is 1. The summed E-state index contributed by atoms with van der Waals surface area (Å²) in [6.45, 7) is 2.90. The minimum absolute atomic E-state index is 0.217. The van der Waals surface area contributed by atoms with E-state index in [0.717, 1.165) is 6.08 Å². The molecule has 0 saturated carbocycles. The lowest BCUT2D eigenvalue weighted by Gasteiger charge is -2.22. The van der Waals surface area contributed by atoms with Crippen molar-refractivity contribution in [3.63, 3.8) is 0 Å². The Morgan fingerprint density at radius 3 is 2.58 bits per heavy atom. The molecule has 0 aromatic rings. The Balaban J connectivity index is 3.02. The van der Waals surface area contributed by atoms with E-state index in [1.54, 1.807) is 0 Å². The van der Waals surface area contributed by atoms with Crippen LogP contribution in [-0.2, 0) is 19.1 Å². The van der Waals surface area contributed by atoms with E-state index >= 15 is 0 Å². The van der Waals surface area contributed by atoms with Gasteiger partial charge in [0.1, 0.15) is 0 Å². The number of carbonyl (C=O) groups excluding carboxylic acids is 2. The number of cyclic esters (lactones) is 1. The Kier molecular flexibility index (Phi) is 2.02. The molecular formula is C8H10O4. The summed E-state index contributed by atoms with van der Waals surface area (Å²) in [5.41, 5.74) is 0.259. The van der Waals surface area contributed by atoms with Crippen LogP contribution >= 0.6 is 0 Å². The van der Waals surface area contributed by atoms with Crippen molar-refractivity contribution in [2.45, 2.75) is 19.6 Å². The zero-order chi connectivity index (χ0) is 9.35. The van der Waals surface area contributed by atoms with Crippen molar-refractivity contribution >= 4 is 11.8 Å². The topological polar surface area (TPSA) is 52.6 Å². The van der Waals surface area contributed by atoms with Crippen LogP contribution in [0.25, 0.3) is 0 Å². The van der Waals surface area contributed by atoms with Crippen LogP contribution in [0.4, 0.5) is 0 Å². The van der Waals surface area contributed by atoms with Gasteiger partial charge in [0.25, 0.3) is 0 Å². The first-order valence-electron chi connectivity index (χ1n) is 3.51. The van der Waals surface area contributed by atoms with Crippen LogP contribution in [-0.4, -0.2) is 24.6 Å². The molecule has 0 aromatic heterocycles. The molecule has 66 valence electrons. The predicted octanol–water partition coefficient (Wildman–Crippen LogP) is 0.421. The smallest absolute Gasteiger partial charge is 0.334 e. The maximum absolute atomic E-state index is 11.0. The summed E-state index contributed by atoms with van der Waals surface area (Å²) in [4.78, 5) is 21.8. The summed E-state index contributed by atoms with van der Waals surface area (Å²) < 4.78 is 9.71. The second-order valence-electron chi connectivity index (χ2n) is 2.69. The highest BCUT2D eigenvalue weighted by Crippen LogP contribution is 2.28. The Bertz CT molecular complexity index is 266. The van der Waals surface area contributed by atoms with Gasteiger partial charge >= 0.3 is 5.97 Å². The molecule has 1 unspecified atom stereocenters. The molecule has 0 radical (unpaired) electrons. The second kappa shape index (κ2) is 2.71. The minimum Gasteiger partial charge on any atom is -0.426 e. The largest absolute Gasteiger partial charge is 0.426 e. The molecule has 1 aliphatic rings. The molecule has 1 rings (SSSR count). The van der Waals surface area contributed by atoms with E-state index in [0.29, 0.717) is 0 Å². The van der Waals surface area contributed by atoms with Crippen molar-refractivity contribution in [3.05, 3.63) is 11.6 Å². The van der Waals surface area contributed by atoms with E-state index in [1.807, 2.05) is 0 Å². The minimum atomic E-state index is -1.19. The molecule has 0 saturated heterocycles. The van der Waals surface area contributed by atoms with Gasteiger partial charge in [-0.05, 0) is 6.92 Å². The molecule has 4 nitrogen and oxygen atoms in total. The van der Waals surface area contributed by atoms with E-state index in [1.165, 1.54) is 21.0 Å². The lowest BCUT2D eigenvalue weighted by molar-refractivity contribution is -0.185. The Morgan fingerprint density at radius 2 is 2.25 bits per heavy atom. The third kappa shape index (κ3) is 1.25. The number of hydrogen-bond acceptors (Lipinski definition) is 4. The van der Waals surface area contributed by atoms with E-state index < -0.39 is 11.8 Å². The Labute approximate surface area is 70.1 Å². The van der Waals surface area contributed by atoms with E-state index in [-0.39, 0.29) is 11.4 Å². The van der Waals surface area contributed by atoms with Crippen LogP contribution in [0.2, 0.25) is 0 Å². The zero-order valence-electron chi connectivity index (χ0n) is 7.21. The fraction of sp³-hybridized carbons (Fsp3) is 0.500. The molecule has 12 heavy (non-hydrogen) atoms. The highest BCUT2D eigenvalue weighted by Gasteiger charge is 2.41. The van der Waals surface area contributed by atoms with Gasteiger partial charge in [-0.1, -0.05) is 0 Å². The SMILES string of the molecule is COC1(C)OC(=O)C=C1C(C)=O. The summed E-state index contributed by atoms with van der Waals surface area (Å²) in [5, 5.41) is 0. The fourth-order valence-corrected chi connectivity index (χ4v) is 1.10. The number of ketones is 1. The molecule has 0 aromatic carbocycles. The quantitative estimate of drug-likeness (QED) is 0.563. The number of ether oxygens (including phenoxy) is 2. The van der Waals surface area contributed by atoms with Crippen LogP contribution in [0.15, 0.2) is 11.6 Å². The molecule has 1 aliphatic heterocycles. The van der Waals surface area contributed by atoms with Crippen molar-refractivity contribution in [1.29, 1.82) is 0 Å². The van der Waals surface area contributed by atoms with E-state index in [4.69, 9.17) is 9.47 Å². The van der Waals surface area contributed by atoms with Crippen LogP contribution in [0.5, 0.6) is 0 Å². The van der Waals surface area contributed by atoms with Gasteiger partial charge in [-0.25, -0.2) is 4.79 Å². The molecule has 4 heteroatoms. The summed E-state index contributed by atoms with van der Waals surface area (Å²) in [7, 11) is 1.38. The maximum Gasteiger partial charge on any atom is 0.334 e. The van der Waals surface area contributed by atoms with Gasteiger partial charge in [-0.2, -0.15) is 0 Å². The van der Waals surface area contributed by atoms with E-state index in [2.05, 4.69) is 0 Å². The first kappa shape index (κ1) is 8.93. The standard InChI is InChI=1S/C8H10O4/c1-5(9)6-4-7(10)12-8(6,2)11-3/h4H,1-3H3. The van der Waals surface area contributed by atoms with Gasteiger partial charge in [0.05, 0.1) is 5.57 Å². The maximum atomic E-state index is 11.0. The van der Waals surface area contributed by atoms with Gasteiger partial charge in [0.15, 0.2) is 5.78 Å². The normalized spacial score (nSPS) is 28.2. The molecule has 1 atom stereocenters. The summed E-state index contributed by atoms with van der Waals surface area (Å²) >= 11 is 0. The van der Waals surface area contributed by atoms with Crippen LogP contribution in [0.3, 0.4) is 0 Å². The number of methoxy groups -OCH3 is 1. The second-order valence-corrected chi connectivity index (χ2v) is 2.69. The molecule has 0 amide bonds. The van der Waals surface area contributed by atoms with Crippen molar-refractivity contribution in [2.24, 2.45) is 0 Å². The third-order valence-electron chi connectivity index (χ3n) is 1.82. The molecule has 0 aliphatic carbocycles. The predicted molar refractivity (Wildman–Crippen MR) is 40.3 cm³/mol. The van der Waals surface area contributed by atoms with E-state index in [9.17, 15) is 9.59 Å². The van der Waals surface area contributed by atoms with Crippen molar-refractivity contribution in [2.75, 3.05) is 7.11 Å². The lowest BCUT2D eigenvalue weighted by atomic mass is 10.1. The van der Waals surface area contributed by atoms with Crippen LogP contribution in [0, 0.1) is 0 Å². The average Bonchev–Trinajstić information content (AvgIpc) is 2.27. The summed E-state index contributed by atoms with van der Waals surface area (Å²) in [5.74, 6) is -1.95. The molecule has 0 bridgehead atoms. The first-order valence-corrected chi connectivity index (χ1v) is 3.51. The lowest BCUT2D eigenvalue weighted by Crippen LogP contribution is -2.32. The van der Waals surface area contributed by atoms with Crippen LogP contribution in [0.1, 0.15) is 13.8 Å². The Hall–Kier alpha value is -1.16. The van der Waals surface area contributed by atoms with Gasteiger partial charge in [0, 0.05) is 20.1 Å². The third-order valence-corrected chi connectivity index (χ3v) is 1.82. The van der Waals surface area contributed by atoms with Crippen molar-refractivity contribution < 1.29 is 19.1 Å². The number of rotatable bonds is 2. The van der Waals surface area contributed by atoms with Crippen molar-refractivity contribution in [1.82, 2.24) is 0 Å². The summed E-state index contributed by atoms with van der Waals surface area (Å²) in [6.07, 6.45) is 1.16. The van der Waals surface area contributed by atoms with Gasteiger partial charge in [0.2, 0.25) is 5.79 Å². The molecule has 0 fully saturated rings. The number of carbonyl (C=O) groups is 2. The number of hydrogen-bond donors (Lipinski definition) is 0. The number of Topliss-reactive ketones (excluding diaryl/α,β-unsaturated/α-hetero) is 1. The summed E-state index contributed by atoms with van der Waals surface area (Å²) in [6, 6.07) is 0. The molecule has 0 N–H and O–H groups in total. The average molecular weight is 170 g/mol. The van der Waals surface area contributed by atoms with Gasteiger partial charge < -0.3 is 9.47 Å². The fourth-order valence-electron chi connectivity index (χ4n) is 1.10. The zero-order valence-corrected chi connectivity index (χ0v) is 7.21. The van der Waals surface area contributed by atoms with Crippen molar-refractivity contribution in [3.8, 4) is 0 Å². The highest BCUT2D eigenvalue weighted by atomic mass is 16.7. The highest BCUT2D eigenvalue weighted by molar-refractivity contribution is 6.03. The monoisotopic (exact) mass is 170 g/mol. The first-order chi connectivity index (χ1) is 5.49. The van der Waals surface area contributed by atoms with Gasteiger partial charge in [-0.3, -0.25) is 4.79 Å². The van der Waals surface area contributed by atoms with Crippen LogP contribution < -0.4 is 0 Å². The Morgan fingerprint density at radius 1 is 1.67 bits per heavy atom. The molecule has 1 heterocycles. The molecule has 0 spiro atoms.